The summed E-state index contributed by atoms with van der Waals surface area (Å²) in [5, 5.41) is 9.77. The molecule has 34 heavy (non-hydrogen) atoms. The van der Waals surface area contributed by atoms with Gasteiger partial charge >= 0.3 is 6.18 Å². The van der Waals surface area contributed by atoms with Crippen molar-refractivity contribution in [2.75, 3.05) is 17.3 Å². The standard InChI is InChI=1S/C23H19ClF3N5OS/c1-32-12-14(11-31-32)21-9-17(6-7-28-21)33-16-3-5-20(22(34)10-16)30-13-29-15-2-4-19(24)18(8-15)23(25,26)27/h2-12,29-30,34H,13H2,1H3. The molecule has 4 rings (SSSR count). The monoisotopic (exact) mass is 505 g/mol. The molecule has 2 aromatic heterocycles. The van der Waals surface area contributed by atoms with Gasteiger partial charge < -0.3 is 15.4 Å². The number of rotatable bonds is 7. The molecule has 4 aromatic rings. The van der Waals surface area contributed by atoms with E-state index in [0.29, 0.717) is 22.1 Å². The maximum absolute atomic E-state index is 13.0. The van der Waals surface area contributed by atoms with Crippen molar-refractivity contribution in [3.8, 4) is 22.8 Å². The predicted octanol–water partition coefficient (Wildman–Crippen LogP) is 6.72. The number of halogens is 4. The SMILES string of the molecule is Cn1cc(-c2cc(Oc3ccc(NCNc4ccc(Cl)c(C(F)(F)F)c4)c(S)c3)ccn2)cn1. The van der Waals surface area contributed by atoms with E-state index in [0.717, 1.165) is 17.3 Å². The molecule has 2 heterocycles. The Morgan fingerprint density at radius 2 is 1.85 bits per heavy atom. The molecule has 2 N–H and O–H groups in total. The van der Waals surface area contributed by atoms with Crippen LogP contribution >= 0.6 is 24.2 Å². The lowest BCUT2D eigenvalue weighted by molar-refractivity contribution is -0.137. The zero-order chi connectivity index (χ0) is 24.3. The van der Waals surface area contributed by atoms with Gasteiger partial charge in [0.25, 0.3) is 0 Å². The van der Waals surface area contributed by atoms with Gasteiger partial charge in [-0.2, -0.15) is 18.3 Å². The Labute approximate surface area is 204 Å². The Morgan fingerprint density at radius 3 is 2.56 bits per heavy atom. The van der Waals surface area contributed by atoms with E-state index in [-0.39, 0.29) is 17.4 Å². The van der Waals surface area contributed by atoms with Crippen molar-refractivity contribution in [1.82, 2.24) is 14.8 Å². The number of nitrogens with zero attached hydrogens (tertiary/aromatic N) is 3. The second-order valence-corrected chi connectivity index (χ2v) is 8.17. The van der Waals surface area contributed by atoms with Gasteiger partial charge in [0.1, 0.15) is 11.5 Å². The number of aryl methyl sites for hydroxylation is 1. The first-order valence-corrected chi connectivity index (χ1v) is 10.8. The van der Waals surface area contributed by atoms with E-state index in [4.69, 9.17) is 16.3 Å². The molecule has 0 unspecified atom stereocenters. The lowest BCUT2D eigenvalue weighted by Crippen LogP contribution is -2.13. The van der Waals surface area contributed by atoms with Gasteiger partial charge in [-0.3, -0.25) is 9.67 Å². The summed E-state index contributed by atoms with van der Waals surface area (Å²) in [6.45, 7) is 0.172. The molecule has 11 heteroatoms. The molecule has 0 aliphatic rings. The van der Waals surface area contributed by atoms with Crippen LogP contribution in [0.3, 0.4) is 0 Å². The van der Waals surface area contributed by atoms with E-state index in [1.165, 1.54) is 12.1 Å². The lowest BCUT2D eigenvalue weighted by Gasteiger charge is -2.15. The van der Waals surface area contributed by atoms with Gasteiger partial charge in [0.2, 0.25) is 0 Å². The minimum absolute atomic E-state index is 0.172. The molecule has 0 aliphatic heterocycles. The van der Waals surface area contributed by atoms with Crippen molar-refractivity contribution >= 4 is 35.6 Å². The number of benzene rings is 2. The van der Waals surface area contributed by atoms with E-state index in [2.05, 4.69) is 33.3 Å². The number of hydrogen-bond donors (Lipinski definition) is 3. The molecule has 0 radical (unpaired) electrons. The Morgan fingerprint density at radius 1 is 1.06 bits per heavy atom. The van der Waals surface area contributed by atoms with Crippen LogP contribution in [0.1, 0.15) is 5.56 Å². The fourth-order valence-electron chi connectivity index (χ4n) is 3.14. The summed E-state index contributed by atoms with van der Waals surface area (Å²) in [6.07, 6.45) is 0.715. The molecule has 0 saturated heterocycles. The van der Waals surface area contributed by atoms with E-state index in [1.807, 2.05) is 19.3 Å². The Balaban J connectivity index is 1.39. The number of pyridine rings is 1. The molecule has 0 fully saturated rings. The summed E-state index contributed by atoms with van der Waals surface area (Å²) in [7, 11) is 1.83. The minimum Gasteiger partial charge on any atom is -0.457 e. The molecule has 0 amide bonds. The van der Waals surface area contributed by atoms with Gasteiger partial charge in [-0.05, 0) is 42.5 Å². The van der Waals surface area contributed by atoms with Crippen LogP contribution in [0.4, 0.5) is 24.5 Å². The number of anilines is 2. The quantitative estimate of drug-likeness (QED) is 0.192. The summed E-state index contributed by atoms with van der Waals surface area (Å²) in [5.41, 5.74) is 1.68. The van der Waals surface area contributed by atoms with Crippen molar-refractivity contribution in [2.45, 2.75) is 11.1 Å². The van der Waals surface area contributed by atoms with Crippen LogP contribution in [0.2, 0.25) is 5.02 Å². The van der Waals surface area contributed by atoms with Crippen LogP contribution in [-0.2, 0) is 13.2 Å². The van der Waals surface area contributed by atoms with Gasteiger partial charge in [-0.15, -0.1) is 12.6 Å². The zero-order valence-electron chi connectivity index (χ0n) is 17.8. The van der Waals surface area contributed by atoms with Crippen molar-refractivity contribution < 1.29 is 17.9 Å². The number of ether oxygens (including phenoxy) is 1. The predicted molar refractivity (Wildman–Crippen MR) is 129 cm³/mol. The fraction of sp³-hybridized carbons (Fsp3) is 0.130. The summed E-state index contributed by atoms with van der Waals surface area (Å²) >= 11 is 10.1. The van der Waals surface area contributed by atoms with Crippen molar-refractivity contribution in [1.29, 1.82) is 0 Å². The Bertz CT molecular complexity index is 1310. The number of nitrogens with one attached hydrogen (secondary N) is 2. The first kappa shape index (κ1) is 23.8. The van der Waals surface area contributed by atoms with Gasteiger partial charge in [0.15, 0.2) is 0 Å². The molecule has 0 spiro atoms. The fourth-order valence-corrected chi connectivity index (χ4v) is 3.65. The molecule has 176 valence electrons. The minimum atomic E-state index is -4.52. The topological polar surface area (TPSA) is 64.0 Å². The zero-order valence-corrected chi connectivity index (χ0v) is 19.4. The molecule has 0 saturated carbocycles. The van der Waals surface area contributed by atoms with E-state index >= 15 is 0 Å². The average molecular weight is 506 g/mol. The highest BCUT2D eigenvalue weighted by Crippen LogP contribution is 2.36. The van der Waals surface area contributed by atoms with Crippen molar-refractivity contribution in [2.24, 2.45) is 7.05 Å². The Hall–Kier alpha value is -3.37. The molecule has 0 atom stereocenters. The first-order valence-electron chi connectivity index (χ1n) is 9.99. The molecule has 2 aromatic carbocycles. The highest BCUT2D eigenvalue weighted by Gasteiger charge is 2.33. The highest BCUT2D eigenvalue weighted by molar-refractivity contribution is 7.80. The van der Waals surface area contributed by atoms with E-state index < -0.39 is 11.7 Å². The van der Waals surface area contributed by atoms with Gasteiger partial charge in [0, 0.05) is 47.3 Å². The van der Waals surface area contributed by atoms with Crippen molar-refractivity contribution in [3.63, 3.8) is 0 Å². The van der Waals surface area contributed by atoms with Crippen LogP contribution in [0.25, 0.3) is 11.3 Å². The normalized spacial score (nSPS) is 11.4. The third-order valence-electron chi connectivity index (χ3n) is 4.78. The van der Waals surface area contributed by atoms with Crippen LogP contribution in [0.5, 0.6) is 11.5 Å². The van der Waals surface area contributed by atoms with Crippen molar-refractivity contribution in [3.05, 3.63) is 77.7 Å². The summed E-state index contributed by atoms with van der Waals surface area (Å²) in [5.74, 6) is 1.17. The summed E-state index contributed by atoms with van der Waals surface area (Å²) in [4.78, 5) is 4.95. The first-order chi connectivity index (χ1) is 16.2. The maximum atomic E-state index is 13.0. The molecular weight excluding hydrogens is 487 g/mol. The van der Waals surface area contributed by atoms with Gasteiger partial charge in [0.05, 0.1) is 29.1 Å². The molecule has 0 aliphatic carbocycles. The third kappa shape index (κ3) is 5.75. The van der Waals surface area contributed by atoms with Gasteiger partial charge in [-0.1, -0.05) is 11.6 Å². The van der Waals surface area contributed by atoms with Crippen LogP contribution in [0.15, 0.2) is 72.0 Å². The van der Waals surface area contributed by atoms with Gasteiger partial charge in [-0.25, -0.2) is 0 Å². The molecule has 6 nitrogen and oxygen atoms in total. The second kappa shape index (κ2) is 9.86. The lowest BCUT2D eigenvalue weighted by atomic mass is 10.2. The van der Waals surface area contributed by atoms with Crippen LogP contribution < -0.4 is 15.4 Å². The maximum Gasteiger partial charge on any atom is 0.417 e. The smallest absolute Gasteiger partial charge is 0.417 e. The Kier molecular flexibility index (Phi) is 6.90. The second-order valence-electron chi connectivity index (χ2n) is 7.28. The highest BCUT2D eigenvalue weighted by atomic mass is 35.5. The largest absolute Gasteiger partial charge is 0.457 e. The number of aromatic nitrogens is 3. The van der Waals surface area contributed by atoms with E-state index in [9.17, 15) is 13.2 Å². The summed E-state index contributed by atoms with van der Waals surface area (Å²) < 4.78 is 46.7. The molecule has 0 bridgehead atoms. The number of alkyl halides is 3. The molecular formula is C23H19ClF3N5OS. The van der Waals surface area contributed by atoms with Crippen LogP contribution in [-0.4, -0.2) is 21.4 Å². The third-order valence-corrected chi connectivity index (χ3v) is 5.48. The average Bonchev–Trinajstić information content (AvgIpc) is 3.22. The number of thiol groups is 1. The van der Waals surface area contributed by atoms with Crippen LogP contribution in [0, 0.1) is 0 Å². The van der Waals surface area contributed by atoms with E-state index in [1.54, 1.807) is 41.3 Å². The summed E-state index contributed by atoms with van der Waals surface area (Å²) in [6, 6.07) is 12.5. The number of hydrogen-bond acceptors (Lipinski definition) is 6.